The summed E-state index contributed by atoms with van der Waals surface area (Å²) in [4.78, 5) is 9.19. The molecular formula is C10H6ClF3O2. The Morgan fingerprint density at radius 1 is 1.38 bits per heavy atom. The predicted octanol–water partition coefficient (Wildman–Crippen LogP) is 2.65. The summed E-state index contributed by atoms with van der Waals surface area (Å²) < 4.78 is 38.4. The van der Waals surface area contributed by atoms with E-state index >= 15 is 0 Å². The smallest absolute Gasteiger partial charge is 0.325 e. The van der Waals surface area contributed by atoms with Crippen molar-refractivity contribution in [1.29, 1.82) is 0 Å². The molecule has 0 radical (unpaired) electrons. The Labute approximate surface area is 93.6 Å². The first kappa shape index (κ1) is 11.3. The van der Waals surface area contributed by atoms with Crippen LogP contribution in [0.2, 0.25) is 0 Å². The molecular weight excluding hydrogens is 245 g/mol. The van der Waals surface area contributed by atoms with Crippen LogP contribution in [0.4, 0.5) is 13.2 Å². The first-order valence-electron chi connectivity index (χ1n) is 4.43. The van der Waals surface area contributed by atoms with Crippen LogP contribution in [-0.2, 0) is 4.79 Å². The Morgan fingerprint density at radius 3 is 2.25 bits per heavy atom. The minimum absolute atomic E-state index is 0.0637. The van der Waals surface area contributed by atoms with Gasteiger partial charge >= 0.3 is 5.97 Å². The van der Waals surface area contributed by atoms with Crippen LogP contribution in [0.1, 0.15) is 17.9 Å². The maximum Gasteiger partial charge on any atom is 0.325 e. The Kier molecular flexibility index (Phi) is 2.38. The summed E-state index contributed by atoms with van der Waals surface area (Å²) in [6.45, 7) is 0. The molecule has 6 heteroatoms. The van der Waals surface area contributed by atoms with Crippen LogP contribution < -0.4 is 0 Å². The van der Waals surface area contributed by atoms with Gasteiger partial charge in [0.2, 0.25) is 0 Å². The largest absolute Gasteiger partial charge is 0.480 e. The van der Waals surface area contributed by atoms with E-state index in [9.17, 15) is 18.0 Å². The Bertz CT molecular complexity index is 454. The number of hydrogen-bond donors (Lipinski definition) is 1. The van der Waals surface area contributed by atoms with Crippen LogP contribution in [0.15, 0.2) is 12.1 Å². The molecule has 1 saturated carbocycles. The van der Waals surface area contributed by atoms with E-state index in [1.54, 1.807) is 0 Å². The summed E-state index contributed by atoms with van der Waals surface area (Å²) in [5.41, 5.74) is 0.0637. The monoisotopic (exact) mass is 250 g/mol. The molecule has 2 unspecified atom stereocenters. The highest BCUT2D eigenvalue weighted by molar-refractivity contribution is 6.37. The van der Waals surface area contributed by atoms with Crippen molar-refractivity contribution >= 4 is 17.6 Å². The summed E-state index contributed by atoms with van der Waals surface area (Å²) in [5, 5.41) is 8.74. The zero-order chi connectivity index (χ0) is 12.1. The first-order chi connectivity index (χ1) is 7.36. The van der Waals surface area contributed by atoms with Crippen molar-refractivity contribution < 1.29 is 23.1 Å². The summed E-state index contributed by atoms with van der Waals surface area (Å²) in [6.07, 6.45) is 0.0778. The van der Waals surface area contributed by atoms with Crippen molar-refractivity contribution in [3.05, 3.63) is 35.1 Å². The lowest BCUT2D eigenvalue weighted by molar-refractivity contribution is -0.137. The van der Waals surface area contributed by atoms with Crippen molar-refractivity contribution in [3.8, 4) is 0 Å². The molecule has 2 rings (SSSR count). The zero-order valence-corrected chi connectivity index (χ0v) is 8.56. The summed E-state index contributed by atoms with van der Waals surface area (Å²) in [7, 11) is 0. The van der Waals surface area contributed by atoms with Crippen LogP contribution >= 0.6 is 11.6 Å². The zero-order valence-electron chi connectivity index (χ0n) is 7.81. The topological polar surface area (TPSA) is 37.3 Å². The van der Waals surface area contributed by atoms with Gasteiger partial charge in [0, 0.05) is 5.92 Å². The van der Waals surface area contributed by atoms with Gasteiger partial charge in [-0.1, -0.05) is 0 Å². The number of halogens is 4. The van der Waals surface area contributed by atoms with E-state index in [0.717, 1.165) is 12.1 Å². The second-order valence-corrected chi connectivity index (χ2v) is 4.40. The highest BCUT2D eigenvalue weighted by atomic mass is 35.5. The van der Waals surface area contributed by atoms with Crippen LogP contribution in [0.5, 0.6) is 0 Å². The molecule has 1 aromatic carbocycles. The Balaban J connectivity index is 2.35. The molecule has 2 nitrogen and oxygen atoms in total. The average Bonchev–Trinajstić information content (AvgIpc) is 2.88. The van der Waals surface area contributed by atoms with E-state index < -0.39 is 34.2 Å². The van der Waals surface area contributed by atoms with Crippen LogP contribution in [0.25, 0.3) is 0 Å². The Hall–Kier alpha value is -1.23. The molecule has 0 heterocycles. The van der Waals surface area contributed by atoms with Crippen molar-refractivity contribution in [2.24, 2.45) is 0 Å². The van der Waals surface area contributed by atoms with E-state index in [2.05, 4.69) is 0 Å². The summed E-state index contributed by atoms with van der Waals surface area (Å²) in [5.74, 6) is -6.18. The number of aliphatic carboxylic acids is 1. The molecule has 1 aliphatic carbocycles. The third kappa shape index (κ3) is 1.55. The lowest BCUT2D eigenvalue weighted by Crippen LogP contribution is -2.16. The maximum absolute atomic E-state index is 12.9. The quantitative estimate of drug-likeness (QED) is 0.647. The fourth-order valence-electron chi connectivity index (χ4n) is 1.63. The molecule has 0 saturated heterocycles. The van der Waals surface area contributed by atoms with Crippen molar-refractivity contribution in [2.75, 3.05) is 0 Å². The average molecular weight is 251 g/mol. The van der Waals surface area contributed by atoms with Gasteiger partial charge in [-0.2, -0.15) is 0 Å². The van der Waals surface area contributed by atoms with E-state index in [0.29, 0.717) is 0 Å². The fraction of sp³-hybridized carbons (Fsp3) is 0.300. The van der Waals surface area contributed by atoms with Gasteiger partial charge in [-0.15, -0.1) is 11.6 Å². The van der Waals surface area contributed by atoms with Gasteiger partial charge in [-0.05, 0) is 24.1 Å². The third-order valence-corrected chi connectivity index (χ3v) is 3.24. The third-order valence-electron chi connectivity index (χ3n) is 2.66. The predicted molar refractivity (Wildman–Crippen MR) is 49.9 cm³/mol. The van der Waals surface area contributed by atoms with Gasteiger partial charge in [0.05, 0.1) is 0 Å². The number of carboxylic acid groups (broad SMARTS) is 1. The summed E-state index contributed by atoms with van der Waals surface area (Å²) in [6, 6.07) is 1.55. The van der Waals surface area contributed by atoms with Gasteiger partial charge in [-0.25, -0.2) is 13.2 Å². The highest BCUT2D eigenvalue weighted by Crippen LogP contribution is 2.56. The minimum atomic E-state index is -1.57. The second-order valence-electron chi connectivity index (χ2n) is 3.72. The molecule has 0 aliphatic heterocycles. The molecule has 0 bridgehead atoms. The molecule has 16 heavy (non-hydrogen) atoms. The lowest BCUT2D eigenvalue weighted by Gasteiger charge is -2.04. The molecule has 0 spiro atoms. The van der Waals surface area contributed by atoms with Gasteiger partial charge in [0.15, 0.2) is 17.5 Å². The number of carbonyl (C=O) groups is 1. The number of rotatable bonds is 2. The number of hydrogen-bond acceptors (Lipinski definition) is 1. The van der Waals surface area contributed by atoms with Gasteiger partial charge in [0.25, 0.3) is 0 Å². The van der Waals surface area contributed by atoms with Crippen LogP contribution in [0, 0.1) is 17.5 Å². The first-order valence-corrected chi connectivity index (χ1v) is 4.81. The van der Waals surface area contributed by atoms with Gasteiger partial charge < -0.3 is 5.11 Å². The molecule has 1 aliphatic rings. The molecule has 0 amide bonds. The highest BCUT2D eigenvalue weighted by Gasteiger charge is 2.60. The van der Waals surface area contributed by atoms with Crippen molar-refractivity contribution in [3.63, 3.8) is 0 Å². The summed E-state index contributed by atoms with van der Waals surface area (Å²) >= 11 is 5.69. The van der Waals surface area contributed by atoms with Crippen LogP contribution in [-0.4, -0.2) is 16.0 Å². The second kappa shape index (κ2) is 3.38. The normalized spacial score (nSPS) is 27.9. The molecule has 1 aromatic rings. The lowest BCUT2D eigenvalue weighted by atomic mass is 10.1. The molecule has 1 N–H and O–H groups in total. The molecule has 86 valence electrons. The SMILES string of the molecule is O=C(O)C1(Cl)CC1c1cc(F)c(F)c(F)c1. The van der Waals surface area contributed by atoms with Crippen LogP contribution in [0.3, 0.4) is 0 Å². The van der Waals surface area contributed by atoms with Gasteiger partial charge in [0.1, 0.15) is 4.87 Å². The van der Waals surface area contributed by atoms with E-state index in [1.165, 1.54) is 0 Å². The van der Waals surface area contributed by atoms with E-state index in [1.807, 2.05) is 0 Å². The van der Waals surface area contributed by atoms with E-state index in [-0.39, 0.29) is 12.0 Å². The Morgan fingerprint density at radius 2 is 1.88 bits per heavy atom. The number of benzene rings is 1. The van der Waals surface area contributed by atoms with Gasteiger partial charge in [-0.3, -0.25) is 4.79 Å². The minimum Gasteiger partial charge on any atom is -0.480 e. The number of carboxylic acids is 1. The number of alkyl halides is 1. The van der Waals surface area contributed by atoms with Crippen molar-refractivity contribution in [2.45, 2.75) is 17.2 Å². The molecule has 0 aromatic heterocycles. The molecule has 1 fully saturated rings. The maximum atomic E-state index is 12.9. The van der Waals surface area contributed by atoms with Crippen molar-refractivity contribution in [1.82, 2.24) is 0 Å². The fourth-order valence-corrected chi connectivity index (χ4v) is 1.91. The van der Waals surface area contributed by atoms with E-state index in [4.69, 9.17) is 16.7 Å². The molecule has 2 atom stereocenters. The standard InChI is InChI=1S/C10H6ClF3O2/c11-10(9(15)16)3-5(10)4-1-6(12)8(14)7(13)2-4/h1-2,5H,3H2,(H,15,16).